The third-order valence-electron chi connectivity index (χ3n) is 2.39. The van der Waals surface area contributed by atoms with E-state index in [-0.39, 0.29) is 0 Å². The van der Waals surface area contributed by atoms with Crippen LogP contribution in [0.25, 0.3) is 0 Å². The van der Waals surface area contributed by atoms with Crippen molar-refractivity contribution in [3.05, 3.63) is 48.4 Å². The van der Waals surface area contributed by atoms with Crippen LogP contribution in [0.15, 0.2) is 42.9 Å². The van der Waals surface area contributed by atoms with E-state index in [1.807, 2.05) is 18.2 Å². The second-order valence-corrected chi connectivity index (χ2v) is 3.72. The van der Waals surface area contributed by atoms with Gasteiger partial charge in [-0.05, 0) is 18.4 Å². The van der Waals surface area contributed by atoms with Crippen molar-refractivity contribution < 1.29 is 4.74 Å². The summed E-state index contributed by atoms with van der Waals surface area (Å²) in [4.78, 5) is 7.77. The van der Waals surface area contributed by atoms with Crippen LogP contribution >= 0.6 is 0 Å². The molecule has 0 aliphatic carbocycles. The normalized spacial score (nSPS) is 10.1. The number of ether oxygens (including phenoxy) is 1. The Balaban J connectivity index is 1.76. The van der Waals surface area contributed by atoms with Gasteiger partial charge in [-0.2, -0.15) is 0 Å². The third-order valence-corrected chi connectivity index (χ3v) is 2.39. The van der Waals surface area contributed by atoms with Crippen LogP contribution < -0.4 is 10.5 Å². The van der Waals surface area contributed by atoms with Gasteiger partial charge in [0, 0.05) is 0 Å². The summed E-state index contributed by atoms with van der Waals surface area (Å²) < 4.78 is 5.48. The highest BCUT2D eigenvalue weighted by molar-refractivity contribution is 5.44. The summed E-state index contributed by atoms with van der Waals surface area (Å²) in [7, 11) is 0. The van der Waals surface area contributed by atoms with Crippen molar-refractivity contribution in [3.8, 4) is 5.88 Å². The Kier molecular flexibility index (Phi) is 3.91. The van der Waals surface area contributed by atoms with Crippen molar-refractivity contribution in [1.82, 2.24) is 9.97 Å². The molecule has 0 unspecified atom stereocenters. The van der Waals surface area contributed by atoms with Gasteiger partial charge < -0.3 is 10.5 Å². The highest BCUT2D eigenvalue weighted by Crippen LogP contribution is 2.14. The predicted molar refractivity (Wildman–Crippen MR) is 66.7 cm³/mol. The molecule has 0 spiro atoms. The molecule has 1 heterocycles. The highest BCUT2D eigenvalue weighted by Gasteiger charge is 2.00. The fraction of sp³-hybridized carbons (Fsp3) is 0.231. The van der Waals surface area contributed by atoms with Crippen molar-refractivity contribution in [2.24, 2.45) is 0 Å². The molecule has 2 aromatic rings. The molecule has 17 heavy (non-hydrogen) atoms. The number of anilines is 1. The molecule has 1 aromatic heterocycles. The molecule has 2 rings (SSSR count). The number of aromatic nitrogens is 2. The molecule has 0 saturated carbocycles. The average molecular weight is 229 g/mol. The number of benzene rings is 1. The lowest BCUT2D eigenvalue weighted by Gasteiger charge is -2.06. The van der Waals surface area contributed by atoms with Crippen LogP contribution in [0, 0.1) is 0 Å². The van der Waals surface area contributed by atoms with Crippen LogP contribution in [0.5, 0.6) is 5.88 Å². The van der Waals surface area contributed by atoms with E-state index in [9.17, 15) is 0 Å². The average Bonchev–Trinajstić information content (AvgIpc) is 2.38. The van der Waals surface area contributed by atoms with Crippen LogP contribution in [0.1, 0.15) is 12.0 Å². The fourth-order valence-corrected chi connectivity index (χ4v) is 1.54. The van der Waals surface area contributed by atoms with Crippen molar-refractivity contribution in [2.75, 3.05) is 12.3 Å². The quantitative estimate of drug-likeness (QED) is 0.797. The maximum absolute atomic E-state index is 5.66. The molecule has 0 bridgehead atoms. The zero-order chi connectivity index (χ0) is 11.9. The zero-order valence-electron chi connectivity index (χ0n) is 9.54. The maximum Gasteiger partial charge on any atom is 0.240 e. The summed E-state index contributed by atoms with van der Waals surface area (Å²) in [6.45, 7) is 0.607. The van der Waals surface area contributed by atoms with E-state index in [0.29, 0.717) is 18.2 Å². The second-order valence-electron chi connectivity index (χ2n) is 3.72. The first-order chi connectivity index (χ1) is 8.36. The van der Waals surface area contributed by atoms with Gasteiger partial charge in [0.1, 0.15) is 12.0 Å². The van der Waals surface area contributed by atoms with Crippen LogP contribution in [0.2, 0.25) is 0 Å². The topological polar surface area (TPSA) is 61.0 Å². The van der Waals surface area contributed by atoms with Gasteiger partial charge >= 0.3 is 0 Å². The van der Waals surface area contributed by atoms with E-state index in [0.717, 1.165) is 12.8 Å². The van der Waals surface area contributed by atoms with Gasteiger partial charge in [-0.1, -0.05) is 30.3 Å². The standard InChI is InChI=1S/C13H15N3O/c14-12-9-15-10-16-13(12)17-8-4-7-11-5-2-1-3-6-11/h1-3,5-6,9-10H,4,7-8,14H2. The van der Waals surface area contributed by atoms with E-state index < -0.39 is 0 Å². The second kappa shape index (κ2) is 5.84. The van der Waals surface area contributed by atoms with E-state index >= 15 is 0 Å². The first kappa shape index (κ1) is 11.4. The predicted octanol–water partition coefficient (Wildman–Crippen LogP) is 2.07. The molecule has 88 valence electrons. The van der Waals surface area contributed by atoms with Gasteiger partial charge in [0.05, 0.1) is 12.8 Å². The maximum atomic E-state index is 5.66. The highest BCUT2D eigenvalue weighted by atomic mass is 16.5. The number of hydrogen-bond acceptors (Lipinski definition) is 4. The molecular formula is C13H15N3O. The summed E-state index contributed by atoms with van der Waals surface area (Å²) in [5.74, 6) is 0.466. The fourth-order valence-electron chi connectivity index (χ4n) is 1.54. The van der Waals surface area contributed by atoms with E-state index in [1.54, 1.807) is 6.20 Å². The Hall–Kier alpha value is -2.10. The Morgan fingerprint density at radius 1 is 1.18 bits per heavy atom. The van der Waals surface area contributed by atoms with Gasteiger partial charge in [0.2, 0.25) is 5.88 Å². The molecule has 2 N–H and O–H groups in total. The van der Waals surface area contributed by atoms with Crippen LogP contribution in [-0.2, 0) is 6.42 Å². The Morgan fingerprint density at radius 2 is 2.00 bits per heavy atom. The molecule has 1 aromatic carbocycles. The number of hydrogen-bond donors (Lipinski definition) is 1. The van der Waals surface area contributed by atoms with Crippen LogP contribution in [-0.4, -0.2) is 16.6 Å². The third kappa shape index (κ3) is 3.45. The molecule has 4 heteroatoms. The van der Waals surface area contributed by atoms with Gasteiger partial charge in [0.25, 0.3) is 0 Å². The molecular weight excluding hydrogens is 214 g/mol. The minimum atomic E-state index is 0.466. The monoisotopic (exact) mass is 229 g/mol. The molecule has 0 aliphatic rings. The molecule has 4 nitrogen and oxygen atoms in total. The summed E-state index contributed by atoms with van der Waals surface area (Å²) >= 11 is 0. The van der Waals surface area contributed by atoms with Crippen molar-refractivity contribution >= 4 is 5.69 Å². The first-order valence-corrected chi connectivity index (χ1v) is 5.58. The Labute approximate surface area is 100 Å². The number of nitrogen functional groups attached to an aromatic ring is 1. The number of nitrogens with zero attached hydrogens (tertiary/aromatic N) is 2. The molecule has 0 amide bonds. The molecule has 0 fully saturated rings. The largest absolute Gasteiger partial charge is 0.476 e. The van der Waals surface area contributed by atoms with Crippen molar-refractivity contribution in [1.29, 1.82) is 0 Å². The van der Waals surface area contributed by atoms with Gasteiger partial charge in [-0.3, -0.25) is 0 Å². The van der Waals surface area contributed by atoms with E-state index in [1.165, 1.54) is 11.9 Å². The van der Waals surface area contributed by atoms with Crippen molar-refractivity contribution in [2.45, 2.75) is 12.8 Å². The summed E-state index contributed by atoms with van der Waals surface area (Å²) in [6.07, 6.45) is 4.90. The molecule has 0 atom stereocenters. The summed E-state index contributed by atoms with van der Waals surface area (Å²) in [5.41, 5.74) is 7.45. The van der Waals surface area contributed by atoms with Crippen molar-refractivity contribution in [3.63, 3.8) is 0 Å². The van der Waals surface area contributed by atoms with Crippen LogP contribution in [0.4, 0.5) is 5.69 Å². The smallest absolute Gasteiger partial charge is 0.240 e. The lowest BCUT2D eigenvalue weighted by molar-refractivity contribution is 0.300. The molecule has 0 aliphatic heterocycles. The molecule has 0 radical (unpaired) electrons. The van der Waals surface area contributed by atoms with E-state index in [4.69, 9.17) is 10.5 Å². The zero-order valence-corrected chi connectivity index (χ0v) is 9.54. The van der Waals surface area contributed by atoms with E-state index in [2.05, 4.69) is 22.1 Å². The molecule has 0 saturated heterocycles. The van der Waals surface area contributed by atoms with Crippen LogP contribution in [0.3, 0.4) is 0 Å². The first-order valence-electron chi connectivity index (χ1n) is 5.58. The van der Waals surface area contributed by atoms with Gasteiger partial charge in [-0.25, -0.2) is 9.97 Å². The minimum Gasteiger partial charge on any atom is -0.476 e. The van der Waals surface area contributed by atoms with Gasteiger partial charge in [0.15, 0.2) is 0 Å². The number of nitrogens with two attached hydrogens (primary N) is 1. The summed E-state index contributed by atoms with van der Waals surface area (Å²) in [6, 6.07) is 10.3. The number of aryl methyl sites for hydroxylation is 1. The summed E-state index contributed by atoms with van der Waals surface area (Å²) in [5, 5.41) is 0. The SMILES string of the molecule is Nc1cncnc1OCCCc1ccccc1. The lowest BCUT2D eigenvalue weighted by Crippen LogP contribution is -2.03. The minimum absolute atomic E-state index is 0.466. The Morgan fingerprint density at radius 3 is 2.76 bits per heavy atom. The Bertz CT molecular complexity index is 459. The lowest BCUT2D eigenvalue weighted by atomic mass is 10.1. The number of rotatable bonds is 5. The van der Waals surface area contributed by atoms with Gasteiger partial charge in [-0.15, -0.1) is 0 Å².